The summed E-state index contributed by atoms with van der Waals surface area (Å²) in [5.41, 5.74) is 5.00. The molecule has 0 aliphatic heterocycles. The fourth-order valence-corrected chi connectivity index (χ4v) is 3.00. The van der Waals surface area contributed by atoms with Crippen molar-refractivity contribution in [1.82, 2.24) is 5.32 Å². The molecule has 24 heavy (non-hydrogen) atoms. The standard InChI is InChI=1S/C21H27NO2/c1-13(2)18-12-19(15(4)11-20(18)24-6)21(23)22-16(5)17-10-8-7-9-14(17)3/h7-13,16H,1-6H3,(H,22,23). The molecule has 3 nitrogen and oxygen atoms in total. The van der Waals surface area contributed by atoms with Crippen molar-refractivity contribution in [2.75, 3.05) is 7.11 Å². The fraction of sp³-hybridized carbons (Fsp3) is 0.381. The highest BCUT2D eigenvalue weighted by molar-refractivity contribution is 5.96. The summed E-state index contributed by atoms with van der Waals surface area (Å²) in [7, 11) is 1.67. The molecule has 2 aromatic rings. The minimum absolute atomic E-state index is 0.0392. The molecule has 0 fully saturated rings. The van der Waals surface area contributed by atoms with Gasteiger partial charge in [0, 0.05) is 5.56 Å². The summed E-state index contributed by atoms with van der Waals surface area (Å²) in [6.45, 7) is 10.2. The number of nitrogens with one attached hydrogen (secondary N) is 1. The van der Waals surface area contributed by atoms with E-state index in [2.05, 4.69) is 38.2 Å². The number of hydrogen-bond donors (Lipinski definition) is 1. The highest BCUT2D eigenvalue weighted by Gasteiger charge is 2.18. The van der Waals surface area contributed by atoms with E-state index < -0.39 is 0 Å². The topological polar surface area (TPSA) is 38.3 Å². The summed E-state index contributed by atoms with van der Waals surface area (Å²) in [5, 5.41) is 3.12. The van der Waals surface area contributed by atoms with Crippen molar-refractivity contribution in [3.8, 4) is 5.75 Å². The van der Waals surface area contributed by atoms with Gasteiger partial charge in [0.2, 0.25) is 0 Å². The maximum atomic E-state index is 12.8. The van der Waals surface area contributed by atoms with Crippen molar-refractivity contribution in [2.45, 2.75) is 46.6 Å². The van der Waals surface area contributed by atoms with Gasteiger partial charge >= 0.3 is 0 Å². The van der Waals surface area contributed by atoms with E-state index >= 15 is 0 Å². The smallest absolute Gasteiger partial charge is 0.252 e. The lowest BCUT2D eigenvalue weighted by Crippen LogP contribution is -2.28. The van der Waals surface area contributed by atoms with E-state index in [1.54, 1.807) is 7.11 Å². The van der Waals surface area contributed by atoms with E-state index in [4.69, 9.17) is 4.74 Å². The molecule has 3 heteroatoms. The molecule has 2 aromatic carbocycles. The molecule has 128 valence electrons. The van der Waals surface area contributed by atoms with Crippen LogP contribution in [0.15, 0.2) is 36.4 Å². The summed E-state index contributed by atoms with van der Waals surface area (Å²) in [4.78, 5) is 12.8. The molecule has 0 saturated carbocycles. The summed E-state index contributed by atoms with van der Waals surface area (Å²) in [5.74, 6) is 1.08. The van der Waals surface area contributed by atoms with Crippen LogP contribution in [0.4, 0.5) is 0 Å². The Labute approximate surface area is 145 Å². The number of methoxy groups -OCH3 is 1. The minimum Gasteiger partial charge on any atom is -0.496 e. The lowest BCUT2D eigenvalue weighted by molar-refractivity contribution is 0.0939. The Morgan fingerprint density at radius 2 is 1.67 bits per heavy atom. The van der Waals surface area contributed by atoms with Crippen LogP contribution in [-0.2, 0) is 0 Å². The zero-order valence-corrected chi connectivity index (χ0v) is 15.4. The van der Waals surface area contributed by atoms with Gasteiger partial charge in [0.05, 0.1) is 13.2 Å². The molecule has 1 unspecified atom stereocenters. The van der Waals surface area contributed by atoms with Crippen LogP contribution in [0, 0.1) is 13.8 Å². The first-order valence-corrected chi connectivity index (χ1v) is 8.40. The van der Waals surface area contributed by atoms with E-state index in [0.29, 0.717) is 11.5 Å². The van der Waals surface area contributed by atoms with Gasteiger partial charge < -0.3 is 10.1 Å². The van der Waals surface area contributed by atoms with Gasteiger partial charge in [-0.2, -0.15) is 0 Å². The molecule has 0 heterocycles. The highest BCUT2D eigenvalue weighted by atomic mass is 16.5. The Bertz CT molecular complexity index is 735. The molecule has 1 atom stereocenters. The Morgan fingerprint density at radius 1 is 1.00 bits per heavy atom. The first-order valence-electron chi connectivity index (χ1n) is 8.40. The monoisotopic (exact) mass is 325 g/mol. The van der Waals surface area contributed by atoms with Crippen molar-refractivity contribution >= 4 is 5.91 Å². The number of carbonyl (C=O) groups is 1. The molecule has 2 rings (SSSR count). The van der Waals surface area contributed by atoms with Crippen LogP contribution in [0.3, 0.4) is 0 Å². The summed E-state index contributed by atoms with van der Waals surface area (Å²) < 4.78 is 5.46. The van der Waals surface area contributed by atoms with Crippen molar-refractivity contribution in [2.24, 2.45) is 0 Å². The van der Waals surface area contributed by atoms with Crippen molar-refractivity contribution in [3.63, 3.8) is 0 Å². The van der Waals surface area contributed by atoms with E-state index in [1.165, 1.54) is 5.56 Å². The number of carbonyl (C=O) groups excluding carboxylic acids is 1. The Hall–Kier alpha value is -2.29. The first kappa shape index (κ1) is 18.1. The van der Waals surface area contributed by atoms with Gasteiger partial charge in [0.1, 0.15) is 5.75 Å². The van der Waals surface area contributed by atoms with Crippen LogP contribution < -0.4 is 10.1 Å². The number of ether oxygens (including phenoxy) is 1. The molecular weight excluding hydrogens is 298 g/mol. The van der Waals surface area contributed by atoms with E-state index in [0.717, 1.165) is 22.4 Å². The average molecular weight is 325 g/mol. The molecular formula is C21H27NO2. The molecule has 0 spiro atoms. The Balaban J connectivity index is 2.30. The molecule has 0 bridgehead atoms. The van der Waals surface area contributed by atoms with Crippen LogP contribution in [0.5, 0.6) is 5.75 Å². The Kier molecular flexibility index (Phi) is 5.66. The lowest BCUT2D eigenvalue weighted by atomic mass is 9.95. The second-order valence-corrected chi connectivity index (χ2v) is 6.62. The van der Waals surface area contributed by atoms with Gasteiger partial charge in [-0.1, -0.05) is 38.1 Å². The van der Waals surface area contributed by atoms with Crippen LogP contribution in [0.1, 0.15) is 65.3 Å². The zero-order valence-electron chi connectivity index (χ0n) is 15.4. The molecule has 1 N–H and O–H groups in total. The van der Waals surface area contributed by atoms with Crippen LogP contribution >= 0.6 is 0 Å². The molecule has 0 radical (unpaired) electrons. The predicted octanol–water partition coefficient (Wildman–Crippen LogP) is 4.93. The Morgan fingerprint density at radius 3 is 2.25 bits per heavy atom. The summed E-state index contributed by atoms with van der Waals surface area (Å²) >= 11 is 0. The summed E-state index contributed by atoms with van der Waals surface area (Å²) in [6.07, 6.45) is 0. The summed E-state index contributed by atoms with van der Waals surface area (Å²) in [6, 6.07) is 12.0. The van der Waals surface area contributed by atoms with Crippen molar-refractivity contribution < 1.29 is 9.53 Å². The third-order valence-corrected chi connectivity index (χ3v) is 4.45. The normalized spacial score (nSPS) is 12.1. The maximum Gasteiger partial charge on any atom is 0.252 e. The number of hydrogen-bond acceptors (Lipinski definition) is 2. The lowest BCUT2D eigenvalue weighted by Gasteiger charge is -2.19. The average Bonchev–Trinajstić information content (AvgIpc) is 2.54. The van der Waals surface area contributed by atoms with Gasteiger partial charge in [-0.3, -0.25) is 4.79 Å². The van der Waals surface area contributed by atoms with Gasteiger partial charge in [-0.15, -0.1) is 0 Å². The quantitative estimate of drug-likeness (QED) is 0.847. The molecule has 1 amide bonds. The number of benzene rings is 2. The van der Waals surface area contributed by atoms with Gasteiger partial charge in [0.25, 0.3) is 5.91 Å². The van der Waals surface area contributed by atoms with Crippen LogP contribution in [0.2, 0.25) is 0 Å². The third kappa shape index (κ3) is 3.78. The van der Waals surface area contributed by atoms with Gasteiger partial charge in [-0.05, 0) is 61.1 Å². The predicted molar refractivity (Wildman–Crippen MR) is 98.9 cm³/mol. The highest BCUT2D eigenvalue weighted by Crippen LogP contribution is 2.30. The molecule has 0 aliphatic carbocycles. The minimum atomic E-state index is -0.0483. The molecule has 0 aliphatic rings. The maximum absolute atomic E-state index is 12.8. The van der Waals surface area contributed by atoms with E-state index in [9.17, 15) is 4.79 Å². The first-order chi connectivity index (χ1) is 11.3. The number of rotatable bonds is 5. The van der Waals surface area contributed by atoms with E-state index in [1.807, 2.05) is 38.1 Å². The number of aryl methyl sites for hydroxylation is 2. The second-order valence-electron chi connectivity index (χ2n) is 6.62. The second kappa shape index (κ2) is 7.52. The van der Waals surface area contributed by atoms with E-state index in [-0.39, 0.29) is 11.9 Å². The largest absolute Gasteiger partial charge is 0.496 e. The van der Waals surface area contributed by atoms with Crippen molar-refractivity contribution in [1.29, 1.82) is 0 Å². The SMILES string of the molecule is COc1cc(C)c(C(=O)NC(C)c2ccccc2C)cc1C(C)C. The molecule has 0 aromatic heterocycles. The molecule has 0 saturated heterocycles. The van der Waals surface area contributed by atoms with Crippen LogP contribution in [0.25, 0.3) is 0 Å². The van der Waals surface area contributed by atoms with Crippen LogP contribution in [-0.4, -0.2) is 13.0 Å². The zero-order chi connectivity index (χ0) is 17.9. The third-order valence-electron chi connectivity index (χ3n) is 4.45. The van der Waals surface area contributed by atoms with Gasteiger partial charge in [0.15, 0.2) is 0 Å². The van der Waals surface area contributed by atoms with Crippen molar-refractivity contribution in [3.05, 3.63) is 64.2 Å². The van der Waals surface area contributed by atoms with Gasteiger partial charge in [-0.25, -0.2) is 0 Å². The number of amides is 1. The fourth-order valence-electron chi connectivity index (χ4n) is 3.00.